The fourth-order valence-corrected chi connectivity index (χ4v) is 1.45. The molecule has 1 aromatic rings. The Morgan fingerprint density at radius 2 is 2.20 bits per heavy atom. The minimum absolute atomic E-state index is 0.166. The average molecular weight is 226 g/mol. The van der Waals surface area contributed by atoms with Gasteiger partial charge in [0.15, 0.2) is 0 Å². The molecule has 0 radical (unpaired) electrons. The molecule has 0 aliphatic rings. The summed E-state index contributed by atoms with van der Waals surface area (Å²) in [5.74, 6) is -0.621. The standard InChI is InChI=1S/C11H14O3S/c1-3-6-14-9-8(11(12)13)5-4-7(2)10(9)15/h4-5,15H,3,6H2,1-2H3,(H,12,13). The molecule has 0 saturated carbocycles. The molecule has 0 saturated heterocycles. The number of aryl methyl sites for hydroxylation is 1. The van der Waals surface area contributed by atoms with Crippen LogP contribution in [0.3, 0.4) is 0 Å². The van der Waals surface area contributed by atoms with Gasteiger partial charge in [0.25, 0.3) is 0 Å². The van der Waals surface area contributed by atoms with Crippen molar-refractivity contribution >= 4 is 18.6 Å². The fourth-order valence-electron chi connectivity index (χ4n) is 1.19. The Morgan fingerprint density at radius 3 is 2.73 bits per heavy atom. The molecule has 1 aromatic carbocycles. The lowest BCUT2D eigenvalue weighted by Gasteiger charge is -2.12. The minimum atomic E-state index is -0.989. The molecule has 0 amide bonds. The number of thiol groups is 1. The van der Waals surface area contributed by atoms with Gasteiger partial charge in [0.2, 0.25) is 0 Å². The molecule has 0 aliphatic carbocycles. The van der Waals surface area contributed by atoms with E-state index in [-0.39, 0.29) is 5.56 Å². The Balaban J connectivity index is 3.16. The molecular weight excluding hydrogens is 212 g/mol. The van der Waals surface area contributed by atoms with Crippen LogP contribution in [0.15, 0.2) is 17.0 Å². The van der Waals surface area contributed by atoms with Gasteiger partial charge in [-0.2, -0.15) is 0 Å². The van der Waals surface area contributed by atoms with E-state index in [1.807, 2.05) is 13.8 Å². The van der Waals surface area contributed by atoms with Crippen LogP contribution in [-0.4, -0.2) is 17.7 Å². The van der Waals surface area contributed by atoms with Crippen LogP contribution in [0, 0.1) is 6.92 Å². The highest BCUT2D eigenvalue weighted by Crippen LogP contribution is 2.30. The molecule has 0 spiro atoms. The van der Waals surface area contributed by atoms with Gasteiger partial charge in [0, 0.05) is 0 Å². The molecule has 0 aromatic heterocycles. The molecule has 0 fully saturated rings. The van der Waals surface area contributed by atoms with E-state index in [0.29, 0.717) is 17.3 Å². The molecule has 82 valence electrons. The van der Waals surface area contributed by atoms with Gasteiger partial charge in [-0.15, -0.1) is 12.6 Å². The van der Waals surface area contributed by atoms with Crippen molar-refractivity contribution in [2.24, 2.45) is 0 Å². The van der Waals surface area contributed by atoms with E-state index in [4.69, 9.17) is 9.84 Å². The largest absolute Gasteiger partial charge is 0.492 e. The first-order valence-corrected chi connectivity index (χ1v) is 5.21. The normalized spacial score (nSPS) is 10.1. The van der Waals surface area contributed by atoms with Crippen LogP contribution in [-0.2, 0) is 0 Å². The van der Waals surface area contributed by atoms with Gasteiger partial charge in [-0.25, -0.2) is 4.79 Å². The number of carbonyl (C=O) groups is 1. The van der Waals surface area contributed by atoms with Crippen LogP contribution < -0.4 is 4.74 Å². The summed E-state index contributed by atoms with van der Waals surface area (Å²) in [6.45, 7) is 4.33. The number of hydrogen-bond donors (Lipinski definition) is 2. The van der Waals surface area contributed by atoms with E-state index < -0.39 is 5.97 Å². The number of rotatable bonds is 4. The molecule has 1 rings (SSSR count). The summed E-state index contributed by atoms with van der Waals surface area (Å²) < 4.78 is 5.40. The van der Waals surface area contributed by atoms with Gasteiger partial charge in [0.05, 0.1) is 11.5 Å². The zero-order valence-electron chi connectivity index (χ0n) is 8.78. The van der Waals surface area contributed by atoms with Crippen LogP contribution >= 0.6 is 12.6 Å². The van der Waals surface area contributed by atoms with Gasteiger partial charge < -0.3 is 9.84 Å². The second-order valence-corrected chi connectivity index (χ2v) is 3.71. The zero-order valence-corrected chi connectivity index (χ0v) is 9.67. The Hall–Kier alpha value is -1.16. The Morgan fingerprint density at radius 1 is 1.53 bits per heavy atom. The van der Waals surface area contributed by atoms with Crippen molar-refractivity contribution < 1.29 is 14.6 Å². The number of ether oxygens (including phenoxy) is 1. The van der Waals surface area contributed by atoms with Crippen molar-refractivity contribution in [2.75, 3.05) is 6.61 Å². The molecule has 1 N–H and O–H groups in total. The van der Waals surface area contributed by atoms with Crippen LogP contribution in [0.1, 0.15) is 29.3 Å². The van der Waals surface area contributed by atoms with Crippen LogP contribution in [0.2, 0.25) is 0 Å². The third-order valence-electron chi connectivity index (χ3n) is 2.01. The number of hydrogen-bond acceptors (Lipinski definition) is 3. The Labute approximate surface area is 94.5 Å². The minimum Gasteiger partial charge on any atom is -0.492 e. The van der Waals surface area contributed by atoms with Crippen LogP contribution in [0.5, 0.6) is 5.75 Å². The first kappa shape index (κ1) is 11.9. The van der Waals surface area contributed by atoms with E-state index in [1.165, 1.54) is 0 Å². The molecule has 0 aliphatic heterocycles. The highest BCUT2D eigenvalue weighted by molar-refractivity contribution is 7.80. The van der Waals surface area contributed by atoms with Gasteiger partial charge in [-0.05, 0) is 25.0 Å². The van der Waals surface area contributed by atoms with Gasteiger partial charge >= 0.3 is 5.97 Å². The van der Waals surface area contributed by atoms with Gasteiger partial charge in [-0.3, -0.25) is 0 Å². The molecular formula is C11H14O3S. The SMILES string of the molecule is CCCOc1c(C(=O)O)ccc(C)c1S. The van der Waals surface area contributed by atoms with Crippen molar-refractivity contribution in [3.8, 4) is 5.75 Å². The predicted octanol–water partition coefficient (Wildman–Crippen LogP) is 2.77. The summed E-state index contributed by atoms with van der Waals surface area (Å²) in [5.41, 5.74) is 1.08. The second-order valence-electron chi connectivity index (χ2n) is 3.26. The van der Waals surface area contributed by atoms with Crippen molar-refractivity contribution in [1.29, 1.82) is 0 Å². The maximum Gasteiger partial charge on any atom is 0.339 e. The highest BCUT2D eigenvalue weighted by atomic mass is 32.1. The van der Waals surface area contributed by atoms with Crippen LogP contribution in [0.25, 0.3) is 0 Å². The Kier molecular flexibility index (Phi) is 4.03. The lowest BCUT2D eigenvalue weighted by Crippen LogP contribution is -2.05. The third-order valence-corrected chi connectivity index (χ3v) is 2.57. The molecule has 15 heavy (non-hydrogen) atoms. The smallest absolute Gasteiger partial charge is 0.339 e. The van der Waals surface area contributed by atoms with E-state index in [2.05, 4.69) is 12.6 Å². The maximum atomic E-state index is 10.9. The van der Waals surface area contributed by atoms with Crippen molar-refractivity contribution in [3.05, 3.63) is 23.3 Å². The summed E-state index contributed by atoms with van der Waals surface area (Å²) in [4.78, 5) is 11.5. The highest BCUT2D eigenvalue weighted by Gasteiger charge is 2.15. The average Bonchev–Trinajstić information content (AvgIpc) is 2.19. The van der Waals surface area contributed by atoms with Crippen molar-refractivity contribution in [2.45, 2.75) is 25.2 Å². The molecule has 3 nitrogen and oxygen atoms in total. The first-order valence-electron chi connectivity index (χ1n) is 4.76. The van der Waals surface area contributed by atoms with E-state index in [1.54, 1.807) is 12.1 Å². The van der Waals surface area contributed by atoms with E-state index in [9.17, 15) is 4.79 Å². The van der Waals surface area contributed by atoms with Crippen molar-refractivity contribution in [1.82, 2.24) is 0 Å². The quantitative estimate of drug-likeness (QED) is 0.776. The summed E-state index contributed by atoms with van der Waals surface area (Å²) in [6.07, 6.45) is 0.834. The molecule has 0 bridgehead atoms. The van der Waals surface area contributed by atoms with Gasteiger partial charge in [-0.1, -0.05) is 13.0 Å². The number of carboxylic acid groups (broad SMARTS) is 1. The Bertz CT molecular complexity index is 374. The lowest BCUT2D eigenvalue weighted by atomic mass is 10.1. The summed E-state index contributed by atoms with van der Waals surface area (Å²) in [6, 6.07) is 3.27. The van der Waals surface area contributed by atoms with Crippen LogP contribution in [0.4, 0.5) is 0 Å². The van der Waals surface area contributed by atoms with Gasteiger partial charge in [0.1, 0.15) is 11.3 Å². The molecule has 4 heteroatoms. The number of aromatic carboxylic acids is 1. The molecule has 0 heterocycles. The topological polar surface area (TPSA) is 46.5 Å². The van der Waals surface area contributed by atoms with E-state index >= 15 is 0 Å². The predicted molar refractivity (Wildman–Crippen MR) is 61.2 cm³/mol. The third kappa shape index (κ3) is 2.65. The summed E-state index contributed by atoms with van der Waals surface area (Å²) in [7, 11) is 0. The first-order chi connectivity index (χ1) is 7.07. The summed E-state index contributed by atoms with van der Waals surface area (Å²) in [5, 5.41) is 8.97. The molecule has 0 unspecified atom stereocenters. The number of benzene rings is 1. The second kappa shape index (κ2) is 5.07. The lowest BCUT2D eigenvalue weighted by molar-refractivity contribution is 0.0691. The zero-order chi connectivity index (χ0) is 11.4. The van der Waals surface area contributed by atoms with Crippen molar-refractivity contribution in [3.63, 3.8) is 0 Å². The summed E-state index contributed by atoms with van der Waals surface area (Å²) >= 11 is 4.26. The van der Waals surface area contributed by atoms with E-state index in [0.717, 1.165) is 12.0 Å². The maximum absolute atomic E-state index is 10.9. The monoisotopic (exact) mass is 226 g/mol. The molecule has 0 atom stereocenters. The number of carboxylic acids is 1. The fraction of sp³-hybridized carbons (Fsp3) is 0.364.